The first-order chi connectivity index (χ1) is 14.3. The van der Waals surface area contributed by atoms with E-state index in [9.17, 15) is 19.2 Å². The minimum atomic E-state index is -1.04. The molecule has 0 aromatic rings. The molecule has 0 bridgehead atoms. The van der Waals surface area contributed by atoms with Gasteiger partial charge in [-0.3, -0.25) is 9.59 Å². The normalized spacial score (nSPS) is 17.3. The highest BCUT2D eigenvalue weighted by Gasteiger charge is 2.34. The van der Waals surface area contributed by atoms with E-state index >= 15 is 0 Å². The van der Waals surface area contributed by atoms with Crippen LogP contribution < -0.4 is 22.1 Å². The molecule has 0 saturated heterocycles. The Hall–Kier alpha value is -2.00. The molecule has 9 heteroatoms. The minimum Gasteiger partial charge on any atom is -0.390 e. The van der Waals surface area contributed by atoms with Gasteiger partial charge in [0.2, 0.25) is 11.8 Å². The van der Waals surface area contributed by atoms with Gasteiger partial charge in [-0.2, -0.15) is 0 Å². The maximum absolute atomic E-state index is 12.7. The zero-order chi connectivity index (χ0) is 24.5. The summed E-state index contributed by atoms with van der Waals surface area (Å²) in [5.41, 5.74) is 11.9. The van der Waals surface area contributed by atoms with E-state index in [1.165, 1.54) is 0 Å². The van der Waals surface area contributed by atoms with E-state index in [1.54, 1.807) is 27.7 Å². The van der Waals surface area contributed by atoms with Gasteiger partial charge >= 0.3 is 11.9 Å². The van der Waals surface area contributed by atoms with Crippen LogP contribution in [0.2, 0.25) is 0 Å². The van der Waals surface area contributed by atoms with E-state index in [2.05, 4.69) is 10.6 Å². The fourth-order valence-electron chi connectivity index (χ4n) is 2.75. The fraction of sp³-hybridized carbons (Fsp3) is 0.818. The highest BCUT2D eigenvalue weighted by molar-refractivity contribution is 5.95. The summed E-state index contributed by atoms with van der Waals surface area (Å²) in [6, 6.07) is -3.64. The first kappa shape index (κ1) is 29.0. The Morgan fingerprint density at radius 2 is 0.968 bits per heavy atom. The van der Waals surface area contributed by atoms with Crippen molar-refractivity contribution in [2.24, 2.45) is 35.1 Å². The van der Waals surface area contributed by atoms with Crippen LogP contribution in [0.3, 0.4) is 0 Å². The lowest BCUT2D eigenvalue weighted by molar-refractivity contribution is -0.165. The minimum absolute atomic E-state index is 0.0688. The van der Waals surface area contributed by atoms with E-state index in [4.69, 9.17) is 16.2 Å². The average Bonchev–Trinajstić information content (AvgIpc) is 2.71. The largest absolute Gasteiger partial charge is 0.390 e. The predicted octanol–water partition coefficient (Wildman–Crippen LogP) is 1.08. The Labute approximate surface area is 186 Å². The van der Waals surface area contributed by atoms with Gasteiger partial charge in [-0.25, -0.2) is 9.59 Å². The summed E-state index contributed by atoms with van der Waals surface area (Å²) in [6.07, 6.45) is 1.41. The molecule has 0 aromatic carbocycles. The van der Waals surface area contributed by atoms with Gasteiger partial charge in [0.1, 0.15) is 12.1 Å². The number of ether oxygens (including phenoxy) is 1. The van der Waals surface area contributed by atoms with Crippen molar-refractivity contribution in [1.82, 2.24) is 10.6 Å². The molecule has 180 valence electrons. The second kappa shape index (κ2) is 13.4. The Bertz CT molecular complexity index is 571. The molecule has 0 spiro atoms. The highest BCUT2D eigenvalue weighted by Crippen LogP contribution is 2.12. The molecular weight excluding hydrogens is 400 g/mol. The van der Waals surface area contributed by atoms with Crippen molar-refractivity contribution < 1.29 is 23.9 Å². The number of rotatable bonds is 12. The third kappa shape index (κ3) is 8.95. The molecule has 6 N–H and O–H groups in total. The number of nitrogens with two attached hydrogens (primary N) is 2. The highest BCUT2D eigenvalue weighted by atomic mass is 16.6. The summed E-state index contributed by atoms with van der Waals surface area (Å²) in [5.74, 6) is -3.55. The topological polar surface area (TPSA) is 154 Å². The molecule has 0 aliphatic rings. The monoisotopic (exact) mass is 442 g/mol. The summed E-state index contributed by atoms with van der Waals surface area (Å²) in [5, 5.41) is 5.18. The average molecular weight is 443 g/mol. The predicted molar refractivity (Wildman–Crippen MR) is 119 cm³/mol. The lowest BCUT2D eigenvalue weighted by Crippen LogP contribution is -2.55. The molecule has 0 heterocycles. The van der Waals surface area contributed by atoms with Crippen LogP contribution in [-0.4, -0.2) is 47.9 Å². The van der Waals surface area contributed by atoms with Crippen LogP contribution in [0.5, 0.6) is 0 Å². The maximum atomic E-state index is 12.7. The van der Waals surface area contributed by atoms with Crippen molar-refractivity contribution in [2.75, 3.05) is 0 Å². The second-order valence-electron chi connectivity index (χ2n) is 9.02. The van der Waals surface area contributed by atoms with Crippen LogP contribution in [0.4, 0.5) is 0 Å². The van der Waals surface area contributed by atoms with E-state index in [-0.39, 0.29) is 23.7 Å². The van der Waals surface area contributed by atoms with Gasteiger partial charge in [0.15, 0.2) is 0 Å². The number of hydrogen-bond donors (Lipinski definition) is 4. The molecular formula is C22H42N4O5. The third-order valence-electron chi connectivity index (χ3n) is 5.76. The number of hydrogen-bond acceptors (Lipinski definition) is 7. The third-order valence-corrected chi connectivity index (χ3v) is 5.76. The number of esters is 2. The van der Waals surface area contributed by atoms with Crippen molar-refractivity contribution in [1.29, 1.82) is 0 Å². The first-order valence-corrected chi connectivity index (χ1v) is 11.2. The van der Waals surface area contributed by atoms with Gasteiger partial charge in [0.05, 0.1) is 12.1 Å². The van der Waals surface area contributed by atoms with Crippen molar-refractivity contribution in [3.63, 3.8) is 0 Å². The number of carbonyl (C=O) groups excluding carboxylic acids is 4. The summed E-state index contributed by atoms with van der Waals surface area (Å²) >= 11 is 0. The molecule has 6 atom stereocenters. The van der Waals surface area contributed by atoms with Gasteiger partial charge < -0.3 is 26.8 Å². The van der Waals surface area contributed by atoms with Gasteiger partial charge in [-0.1, -0.05) is 68.2 Å². The van der Waals surface area contributed by atoms with Crippen molar-refractivity contribution >= 4 is 23.8 Å². The van der Waals surface area contributed by atoms with Crippen LogP contribution in [0.15, 0.2) is 0 Å². The molecule has 0 aliphatic carbocycles. The molecule has 0 fully saturated rings. The van der Waals surface area contributed by atoms with Crippen LogP contribution in [-0.2, 0) is 23.9 Å². The molecule has 0 saturated carbocycles. The summed E-state index contributed by atoms with van der Waals surface area (Å²) in [7, 11) is 0. The molecule has 31 heavy (non-hydrogen) atoms. The smallest absolute Gasteiger partial charge is 0.336 e. The summed E-state index contributed by atoms with van der Waals surface area (Å²) in [6.45, 7) is 14.4. The zero-order valence-corrected chi connectivity index (χ0v) is 20.2. The van der Waals surface area contributed by atoms with Crippen LogP contribution in [0.1, 0.15) is 68.2 Å². The Morgan fingerprint density at radius 1 is 0.677 bits per heavy atom. The van der Waals surface area contributed by atoms with Crippen molar-refractivity contribution in [3.05, 3.63) is 0 Å². The first-order valence-electron chi connectivity index (χ1n) is 11.2. The quantitative estimate of drug-likeness (QED) is 0.260. The Balaban J connectivity index is 5.28. The lowest BCUT2D eigenvalue weighted by atomic mass is 9.97. The number of nitrogens with one attached hydrogen (secondary N) is 2. The molecule has 0 aliphatic heterocycles. The van der Waals surface area contributed by atoms with Gasteiger partial charge in [0.25, 0.3) is 0 Å². The molecule has 9 nitrogen and oxygen atoms in total. The van der Waals surface area contributed by atoms with Crippen LogP contribution >= 0.6 is 0 Å². The van der Waals surface area contributed by atoms with Crippen LogP contribution in [0, 0.1) is 23.7 Å². The molecule has 2 amide bonds. The molecule has 0 radical (unpaired) electrons. The maximum Gasteiger partial charge on any atom is 0.336 e. The van der Waals surface area contributed by atoms with E-state index < -0.39 is 47.9 Å². The van der Waals surface area contributed by atoms with Crippen molar-refractivity contribution in [3.8, 4) is 0 Å². The summed E-state index contributed by atoms with van der Waals surface area (Å²) in [4.78, 5) is 50.1. The van der Waals surface area contributed by atoms with Gasteiger partial charge in [0, 0.05) is 0 Å². The zero-order valence-electron chi connectivity index (χ0n) is 20.2. The standard InChI is InChI=1S/C22H42N4O5/c1-9-13(7)15(23)19(27)25-17(11(3)4)21(29)31-22(30)18(12(5)6)26-20(28)16(24)14(8)10-2/h11-18H,9-10,23-24H2,1-8H3,(H,25,27)(H,26,28)/t13-,14-,15-,16-,17-,18-/m0/s1. The van der Waals surface area contributed by atoms with E-state index in [0.29, 0.717) is 12.8 Å². The molecule has 0 unspecified atom stereocenters. The van der Waals surface area contributed by atoms with E-state index in [0.717, 1.165) is 0 Å². The number of amides is 2. The SMILES string of the molecule is CC[C@H](C)[C@H](N)C(=O)N[C@H](C(=O)OC(=O)[C@@H](NC(=O)[C@@H](N)[C@@H](C)CC)C(C)C)C(C)C. The molecule has 0 aromatic heterocycles. The van der Waals surface area contributed by atoms with Gasteiger partial charge in [-0.05, 0) is 23.7 Å². The fourth-order valence-corrected chi connectivity index (χ4v) is 2.75. The second-order valence-corrected chi connectivity index (χ2v) is 9.02. The summed E-state index contributed by atoms with van der Waals surface area (Å²) < 4.78 is 5.04. The molecule has 0 rings (SSSR count). The Kier molecular flexibility index (Phi) is 12.6. The van der Waals surface area contributed by atoms with Crippen LogP contribution in [0.25, 0.3) is 0 Å². The van der Waals surface area contributed by atoms with Crippen molar-refractivity contribution in [2.45, 2.75) is 92.4 Å². The van der Waals surface area contributed by atoms with E-state index in [1.807, 2.05) is 27.7 Å². The number of carbonyl (C=O) groups is 4. The van der Waals surface area contributed by atoms with Gasteiger partial charge in [-0.15, -0.1) is 0 Å². The Morgan fingerprint density at radius 3 is 1.19 bits per heavy atom. The lowest BCUT2D eigenvalue weighted by Gasteiger charge is -2.27.